The molecule has 0 aliphatic carbocycles. The summed E-state index contributed by atoms with van der Waals surface area (Å²) in [6.07, 6.45) is 3.22. The average Bonchev–Trinajstić information content (AvgIpc) is 2.25. The van der Waals surface area contributed by atoms with E-state index in [9.17, 15) is 9.59 Å². The van der Waals surface area contributed by atoms with E-state index < -0.39 is 5.97 Å². The first-order valence-electron chi connectivity index (χ1n) is 5.41. The number of hydrogen-bond donors (Lipinski definition) is 3. The molecule has 0 aromatic heterocycles. The number of carbonyl (C=O) groups excluding carboxylic acids is 1. The van der Waals surface area contributed by atoms with Gasteiger partial charge in [-0.05, 0) is 19.8 Å². The van der Waals surface area contributed by atoms with Crippen molar-refractivity contribution in [2.24, 2.45) is 11.5 Å². The van der Waals surface area contributed by atoms with Crippen LogP contribution in [-0.4, -0.2) is 23.0 Å². The minimum Gasteiger partial charge on any atom is -0.478 e. The molecule has 17 heavy (non-hydrogen) atoms. The molecule has 1 unspecified atom stereocenters. The maximum absolute atomic E-state index is 10.7. The van der Waals surface area contributed by atoms with Gasteiger partial charge in [0.25, 0.3) is 0 Å². The van der Waals surface area contributed by atoms with Gasteiger partial charge in [-0.3, -0.25) is 4.79 Å². The van der Waals surface area contributed by atoms with Crippen LogP contribution in [0.25, 0.3) is 0 Å². The van der Waals surface area contributed by atoms with Crippen molar-refractivity contribution in [3.63, 3.8) is 0 Å². The van der Waals surface area contributed by atoms with Gasteiger partial charge >= 0.3 is 5.97 Å². The number of carbonyl (C=O) groups is 2. The highest BCUT2D eigenvalue weighted by Crippen LogP contribution is 2.01. The van der Waals surface area contributed by atoms with Crippen LogP contribution in [0.2, 0.25) is 0 Å². The summed E-state index contributed by atoms with van der Waals surface area (Å²) in [5.41, 5.74) is 11.5. The molecule has 5 N–H and O–H groups in total. The molecule has 1 atom stereocenters. The molecular formula is C12H22N2O3. The minimum absolute atomic E-state index is 0.0440. The van der Waals surface area contributed by atoms with Gasteiger partial charge in [-0.2, -0.15) is 0 Å². The Morgan fingerprint density at radius 2 is 1.82 bits per heavy atom. The van der Waals surface area contributed by atoms with E-state index in [1.807, 2.05) is 13.8 Å². The second kappa shape index (κ2) is 9.59. The van der Waals surface area contributed by atoms with Crippen molar-refractivity contribution in [3.8, 4) is 0 Å². The zero-order valence-electron chi connectivity index (χ0n) is 10.7. The van der Waals surface area contributed by atoms with Crippen molar-refractivity contribution in [1.29, 1.82) is 0 Å². The third-order valence-electron chi connectivity index (χ3n) is 1.95. The molecule has 98 valence electrons. The lowest BCUT2D eigenvalue weighted by Crippen LogP contribution is -2.20. The first-order valence-corrected chi connectivity index (χ1v) is 5.41. The lowest BCUT2D eigenvalue weighted by atomic mass is 10.1. The van der Waals surface area contributed by atoms with Gasteiger partial charge in [-0.15, -0.1) is 0 Å². The second-order valence-electron chi connectivity index (χ2n) is 3.57. The van der Waals surface area contributed by atoms with Gasteiger partial charge in [0.15, 0.2) is 0 Å². The first-order chi connectivity index (χ1) is 7.76. The smallest absolute Gasteiger partial charge is 0.330 e. The molecule has 0 saturated heterocycles. The quantitative estimate of drug-likeness (QED) is 0.629. The number of carboxylic acids is 1. The first kappa shape index (κ1) is 17.8. The molecule has 0 saturated carbocycles. The van der Waals surface area contributed by atoms with E-state index in [2.05, 4.69) is 6.58 Å². The van der Waals surface area contributed by atoms with Crippen molar-refractivity contribution in [2.75, 3.05) is 0 Å². The number of carboxylic acid groups (broad SMARTS) is 1. The molecule has 0 heterocycles. The maximum atomic E-state index is 10.7. The van der Waals surface area contributed by atoms with E-state index in [0.717, 1.165) is 6.42 Å². The number of nitrogens with two attached hydrogens (primary N) is 2. The van der Waals surface area contributed by atoms with Gasteiger partial charge in [0.1, 0.15) is 0 Å². The zero-order chi connectivity index (χ0) is 14.0. The summed E-state index contributed by atoms with van der Waals surface area (Å²) < 4.78 is 0. The molecule has 0 spiro atoms. The Morgan fingerprint density at radius 3 is 2.00 bits per heavy atom. The van der Waals surface area contributed by atoms with Crippen LogP contribution >= 0.6 is 0 Å². The van der Waals surface area contributed by atoms with Crippen LogP contribution in [0.5, 0.6) is 0 Å². The molecular weight excluding hydrogens is 220 g/mol. The van der Waals surface area contributed by atoms with Crippen molar-refractivity contribution in [2.45, 2.75) is 39.7 Å². The van der Waals surface area contributed by atoms with Crippen molar-refractivity contribution >= 4 is 11.9 Å². The summed E-state index contributed by atoms with van der Waals surface area (Å²) in [5, 5.41) is 7.89. The highest BCUT2D eigenvalue weighted by molar-refractivity contribution is 5.91. The van der Waals surface area contributed by atoms with E-state index >= 15 is 0 Å². The van der Waals surface area contributed by atoms with E-state index in [-0.39, 0.29) is 17.5 Å². The Hall–Kier alpha value is -1.62. The lowest BCUT2D eigenvalue weighted by Gasteiger charge is -2.04. The largest absolute Gasteiger partial charge is 0.478 e. The third kappa shape index (κ3) is 10.7. The molecule has 0 aromatic rings. The van der Waals surface area contributed by atoms with Crippen LogP contribution in [0, 0.1) is 0 Å². The van der Waals surface area contributed by atoms with Crippen molar-refractivity contribution in [3.05, 3.63) is 23.8 Å². The highest BCUT2D eigenvalue weighted by Gasteiger charge is 2.03. The SMILES string of the molecule is C=C(C)C(=O)O.CCC(=CC(N)CC)C(N)=O. The number of primary amides is 1. The molecule has 0 fully saturated rings. The van der Waals surface area contributed by atoms with Gasteiger partial charge < -0.3 is 16.6 Å². The van der Waals surface area contributed by atoms with E-state index in [1.165, 1.54) is 6.92 Å². The Kier molecular flexibility index (Phi) is 10.0. The molecule has 5 heteroatoms. The summed E-state index contributed by atoms with van der Waals surface area (Å²) in [7, 11) is 0. The molecule has 0 aliphatic rings. The van der Waals surface area contributed by atoms with E-state index in [1.54, 1.807) is 6.08 Å². The topological polar surface area (TPSA) is 106 Å². The molecule has 0 bridgehead atoms. The lowest BCUT2D eigenvalue weighted by molar-refractivity contribution is -0.132. The Bertz CT molecular complexity index is 297. The maximum Gasteiger partial charge on any atom is 0.330 e. The summed E-state index contributed by atoms with van der Waals surface area (Å²) in [5.74, 6) is -1.30. The predicted molar refractivity (Wildman–Crippen MR) is 68.3 cm³/mol. The molecule has 0 aromatic carbocycles. The van der Waals surface area contributed by atoms with Crippen molar-refractivity contribution in [1.82, 2.24) is 0 Å². The van der Waals surface area contributed by atoms with Crippen LogP contribution in [0.3, 0.4) is 0 Å². The normalized spacial score (nSPS) is 12.1. The predicted octanol–water partition coefficient (Wildman–Crippen LogP) is 1.19. The summed E-state index contributed by atoms with van der Waals surface area (Å²) >= 11 is 0. The molecule has 1 amide bonds. The van der Waals surface area contributed by atoms with Crippen molar-refractivity contribution < 1.29 is 14.7 Å². The van der Waals surface area contributed by atoms with Crippen LogP contribution in [0.4, 0.5) is 0 Å². The van der Waals surface area contributed by atoms with Crippen LogP contribution < -0.4 is 11.5 Å². The Balaban J connectivity index is 0. The number of aliphatic carboxylic acids is 1. The fourth-order valence-electron chi connectivity index (χ4n) is 0.750. The standard InChI is InChI=1S/C8H16N2O.C4H6O2/c1-3-6(8(10)11)5-7(9)4-2;1-3(2)4(5)6/h5,7H,3-4,9H2,1-2H3,(H2,10,11);1H2,2H3,(H,5,6). The average molecular weight is 242 g/mol. The fraction of sp³-hybridized carbons (Fsp3) is 0.500. The Labute approximate surface area is 102 Å². The fourth-order valence-corrected chi connectivity index (χ4v) is 0.750. The number of rotatable bonds is 5. The summed E-state index contributed by atoms with van der Waals surface area (Å²) in [4.78, 5) is 20.3. The monoisotopic (exact) mass is 242 g/mol. The van der Waals surface area contributed by atoms with E-state index in [0.29, 0.717) is 12.0 Å². The zero-order valence-corrected chi connectivity index (χ0v) is 10.7. The molecule has 0 radical (unpaired) electrons. The number of amides is 1. The van der Waals surface area contributed by atoms with Gasteiger partial charge in [0, 0.05) is 17.2 Å². The minimum atomic E-state index is -0.935. The third-order valence-corrected chi connectivity index (χ3v) is 1.95. The molecule has 0 rings (SSSR count). The van der Waals surface area contributed by atoms with Crippen LogP contribution in [0.1, 0.15) is 33.6 Å². The van der Waals surface area contributed by atoms with Gasteiger partial charge in [0.05, 0.1) is 0 Å². The molecule has 0 aliphatic heterocycles. The highest BCUT2D eigenvalue weighted by atomic mass is 16.4. The van der Waals surface area contributed by atoms with E-state index in [4.69, 9.17) is 16.6 Å². The summed E-state index contributed by atoms with van der Waals surface area (Å²) in [6, 6.07) is -0.0440. The number of hydrogen-bond acceptors (Lipinski definition) is 3. The second-order valence-corrected chi connectivity index (χ2v) is 3.57. The van der Waals surface area contributed by atoms with Gasteiger partial charge in [-0.1, -0.05) is 26.5 Å². The van der Waals surface area contributed by atoms with Gasteiger partial charge in [0.2, 0.25) is 5.91 Å². The van der Waals surface area contributed by atoms with Gasteiger partial charge in [-0.25, -0.2) is 4.79 Å². The molecule has 5 nitrogen and oxygen atoms in total. The Morgan fingerprint density at radius 1 is 1.41 bits per heavy atom. The van der Waals surface area contributed by atoms with Crippen LogP contribution in [0.15, 0.2) is 23.8 Å². The summed E-state index contributed by atoms with van der Waals surface area (Å²) in [6.45, 7) is 8.46. The van der Waals surface area contributed by atoms with Crippen LogP contribution in [-0.2, 0) is 9.59 Å².